The summed E-state index contributed by atoms with van der Waals surface area (Å²) in [6, 6.07) is -0.0794. The molecule has 0 fully saturated rings. The number of rotatable bonds is 3. The number of amides is 4. The molecule has 16 heavy (non-hydrogen) atoms. The highest BCUT2D eigenvalue weighted by molar-refractivity contribution is 5.74. The largest absolute Gasteiger partial charge is 0.341 e. The first-order valence-electron chi connectivity index (χ1n) is 5.09. The van der Waals surface area contributed by atoms with Gasteiger partial charge in [0, 0.05) is 20.1 Å². The smallest absolute Gasteiger partial charge is 0.318 e. The molecule has 0 spiro atoms. The minimum atomic E-state index is -0.241. The van der Waals surface area contributed by atoms with E-state index in [0.29, 0.717) is 0 Å². The molecule has 0 heterocycles. The van der Waals surface area contributed by atoms with Crippen molar-refractivity contribution >= 4 is 12.1 Å². The Morgan fingerprint density at radius 2 is 1.75 bits per heavy atom. The van der Waals surface area contributed by atoms with Crippen molar-refractivity contribution in [3.8, 4) is 0 Å². The molecule has 0 saturated carbocycles. The van der Waals surface area contributed by atoms with Gasteiger partial charge in [-0.3, -0.25) is 0 Å². The van der Waals surface area contributed by atoms with Crippen LogP contribution in [0.2, 0.25) is 0 Å². The Kier molecular flexibility index (Phi) is 11.9. The monoisotopic (exact) mass is 230 g/mol. The number of carbonyl (C=O) groups is 2. The van der Waals surface area contributed by atoms with E-state index in [-0.39, 0.29) is 18.1 Å². The predicted molar refractivity (Wildman–Crippen MR) is 65.1 cm³/mol. The maximum Gasteiger partial charge on any atom is 0.318 e. The normalized spacial score (nSPS) is 10.0. The minimum Gasteiger partial charge on any atom is -0.341 e. The van der Waals surface area contributed by atoms with Crippen LogP contribution < -0.4 is 21.3 Å². The van der Waals surface area contributed by atoms with Crippen molar-refractivity contribution in [2.75, 3.05) is 14.1 Å². The second kappa shape index (κ2) is 11.4. The lowest BCUT2D eigenvalue weighted by Gasteiger charge is -2.09. The fourth-order valence-electron chi connectivity index (χ4n) is 0.563. The van der Waals surface area contributed by atoms with Crippen molar-refractivity contribution in [1.29, 1.82) is 0 Å². The van der Waals surface area contributed by atoms with E-state index in [4.69, 9.17) is 0 Å². The lowest BCUT2D eigenvalue weighted by Crippen LogP contribution is -2.38. The van der Waals surface area contributed by atoms with E-state index in [0.717, 1.165) is 6.42 Å². The van der Waals surface area contributed by atoms with E-state index < -0.39 is 0 Å². The molecule has 4 amide bonds. The van der Waals surface area contributed by atoms with Gasteiger partial charge in [0.1, 0.15) is 0 Å². The van der Waals surface area contributed by atoms with E-state index in [1.165, 1.54) is 6.20 Å². The standard InChI is InChI=1S/C6H14N2O.C4H8N2O/c1-4-5(2)8-6(9)7-3;1-3-6-4(7)5-2/h5H,4H2,1-3H3,(H2,7,8,9);3H,1H2,2H3,(H2,5,6,7). The first kappa shape index (κ1) is 16.7. The van der Waals surface area contributed by atoms with Crippen molar-refractivity contribution in [3.63, 3.8) is 0 Å². The van der Waals surface area contributed by atoms with Crippen LogP contribution in [-0.2, 0) is 0 Å². The molecular weight excluding hydrogens is 208 g/mol. The van der Waals surface area contributed by atoms with Crippen LogP contribution in [0.25, 0.3) is 0 Å². The van der Waals surface area contributed by atoms with Crippen molar-refractivity contribution < 1.29 is 9.59 Å². The number of hydrogen-bond donors (Lipinski definition) is 4. The van der Waals surface area contributed by atoms with E-state index >= 15 is 0 Å². The molecule has 0 aromatic carbocycles. The Bertz CT molecular complexity index is 219. The van der Waals surface area contributed by atoms with Gasteiger partial charge in [0.25, 0.3) is 0 Å². The van der Waals surface area contributed by atoms with E-state index in [1.54, 1.807) is 14.1 Å². The molecular formula is C10H22N4O2. The van der Waals surface area contributed by atoms with Crippen LogP contribution in [0.1, 0.15) is 20.3 Å². The highest BCUT2D eigenvalue weighted by Gasteiger charge is 1.99. The van der Waals surface area contributed by atoms with Gasteiger partial charge in [0.2, 0.25) is 0 Å². The lowest BCUT2D eigenvalue weighted by molar-refractivity contribution is 0.239. The van der Waals surface area contributed by atoms with Crippen molar-refractivity contribution in [2.45, 2.75) is 26.3 Å². The van der Waals surface area contributed by atoms with Crippen LogP contribution in [0.4, 0.5) is 9.59 Å². The van der Waals surface area contributed by atoms with Crippen LogP contribution in [0.15, 0.2) is 12.8 Å². The Labute approximate surface area is 96.9 Å². The summed E-state index contributed by atoms with van der Waals surface area (Å²) in [5.74, 6) is 0. The molecule has 0 aromatic rings. The first-order valence-corrected chi connectivity index (χ1v) is 5.09. The zero-order valence-corrected chi connectivity index (χ0v) is 10.4. The lowest BCUT2D eigenvalue weighted by atomic mass is 10.3. The summed E-state index contributed by atoms with van der Waals surface area (Å²) < 4.78 is 0. The summed E-state index contributed by atoms with van der Waals surface area (Å²) in [4.78, 5) is 20.7. The van der Waals surface area contributed by atoms with Crippen LogP contribution in [0.5, 0.6) is 0 Å². The van der Waals surface area contributed by atoms with Crippen molar-refractivity contribution in [3.05, 3.63) is 12.8 Å². The number of hydrogen-bond acceptors (Lipinski definition) is 2. The molecule has 0 aromatic heterocycles. The Hall–Kier alpha value is -1.72. The zero-order chi connectivity index (χ0) is 13.0. The van der Waals surface area contributed by atoms with E-state index in [2.05, 4.69) is 27.8 Å². The molecule has 4 N–H and O–H groups in total. The Balaban J connectivity index is 0. The van der Waals surface area contributed by atoms with Crippen LogP contribution in [0.3, 0.4) is 0 Å². The summed E-state index contributed by atoms with van der Waals surface area (Å²) in [6.45, 7) is 7.27. The second-order valence-electron chi connectivity index (χ2n) is 2.96. The molecule has 6 nitrogen and oxygen atoms in total. The quantitative estimate of drug-likeness (QED) is 0.577. The van der Waals surface area contributed by atoms with Crippen molar-refractivity contribution in [2.24, 2.45) is 0 Å². The molecule has 0 rings (SSSR count). The highest BCUT2D eigenvalue weighted by Crippen LogP contribution is 1.85. The van der Waals surface area contributed by atoms with Crippen molar-refractivity contribution in [1.82, 2.24) is 21.3 Å². The summed E-state index contributed by atoms with van der Waals surface area (Å²) in [6.07, 6.45) is 2.28. The molecule has 0 aliphatic rings. The maximum atomic E-state index is 10.6. The zero-order valence-electron chi connectivity index (χ0n) is 10.4. The van der Waals surface area contributed by atoms with Gasteiger partial charge < -0.3 is 21.3 Å². The van der Waals surface area contributed by atoms with Gasteiger partial charge >= 0.3 is 12.1 Å². The third kappa shape index (κ3) is 12.3. The number of carbonyl (C=O) groups excluding carboxylic acids is 2. The van der Waals surface area contributed by atoms with Crippen LogP contribution >= 0.6 is 0 Å². The van der Waals surface area contributed by atoms with Gasteiger partial charge in [-0.15, -0.1) is 0 Å². The third-order valence-electron chi connectivity index (χ3n) is 1.68. The molecule has 0 radical (unpaired) electrons. The number of nitrogens with one attached hydrogen (secondary N) is 4. The Morgan fingerprint density at radius 1 is 1.25 bits per heavy atom. The molecule has 1 unspecified atom stereocenters. The summed E-state index contributed by atoms with van der Waals surface area (Å²) in [7, 11) is 3.15. The van der Waals surface area contributed by atoms with Gasteiger partial charge in [0.05, 0.1) is 0 Å². The minimum absolute atomic E-state index is 0.107. The maximum absolute atomic E-state index is 10.6. The third-order valence-corrected chi connectivity index (χ3v) is 1.68. The Morgan fingerprint density at radius 3 is 2.00 bits per heavy atom. The molecule has 1 atom stereocenters. The molecule has 94 valence electrons. The summed E-state index contributed by atoms with van der Waals surface area (Å²) in [5.41, 5.74) is 0. The average Bonchev–Trinajstić information content (AvgIpc) is 2.29. The van der Waals surface area contributed by atoms with Gasteiger partial charge in [0.15, 0.2) is 0 Å². The molecule has 0 aliphatic carbocycles. The molecule has 0 saturated heterocycles. The summed E-state index contributed by atoms with van der Waals surface area (Å²) >= 11 is 0. The summed E-state index contributed by atoms with van der Waals surface area (Å²) in [5, 5.41) is 9.86. The fourth-order valence-corrected chi connectivity index (χ4v) is 0.563. The van der Waals surface area contributed by atoms with Gasteiger partial charge in [-0.05, 0) is 19.5 Å². The number of urea groups is 2. The molecule has 6 heteroatoms. The molecule has 0 aliphatic heterocycles. The SMILES string of the molecule is C=CNC(=O)NC.CCC(C)NC(=O)NC. The fraction of sp³-hybridized carbons (Fsp3) is 0.600. The van der Waals surface area contributed by atoms with Gasteiger partial charge in [-0.1, -0.05) is 13.5 Å². The van der Waals surface area contributed by atoms with Gasteiger partial charge in [-0.2, -0.15) is 0 Å². The first-order chi connectivity index (χ1) is 7.51. The molecule has 0 bridgehead atoms. The topological polar surface area (TPSA) is 82.3 Å². The van der Waals surface area contributed by atoms with E-state index in [9.17, 15) is 9.59 Å². The highest BCUT2D eigenvalue weighted by atomic mass is 16.2. The van der Waals surface area contributed by atoms with Crippen LogP contribution in [0, 0.1) is 0 Å². The second-order valence-corrected chi connectivity index (χ2v) is 2.96. The van der Waals surface area contributed by atoms with E-state index in [1.807, 2.05) is 13.8 Å². The average molecular weight is 230 g/mol. The predicted octanol–water partition coefficient (Wildman–Crippen LogP) is 0.773. The van der Waals surface area contributed by atoms with Crippen LogP contribution in [-0.4, -0.2) is 32.2 Å². The van der Waals surface area contributed by atoms with Gasteiger partial charge in [-0.25, -0.2) is 9.59 Å².